The van der Waals surface area contributed by atoms with Gasteiger partial charge in [0.1, 0.15) is 0 Å². The van der Waals surface area contributed by atoms with Crippen LogP contribution in [-0.4, -0.2) is 6.54 Å². The average molecular weight is 336 g/mol. The molecule has 1 unspecified atom stereocenters. The zero-order valence-electron chi connectivity index (χ0n) is 10.5. The normalized spacial score (nSPS) is 12.9. The van der Waals surface area contributed by atoms with Gasteiger partial charge in [-0.05, 0) is 50.9 Å². The molecule has 0 saturated carbocycles. The summed E-state index contributed by atoms with van der Waals surface area (Å²) in [6.45, 7) is 3.03. The molecule has 0 aliphatic rings. The molecule has 0 spiro atoms. The van der Waals surface area contributed by atoms with Gasteiger partial charge in [0.25, 0.3) is 0 Å². The fraction of sp³-hybridized carbons (Fsp3) is 0.200. The maximum absolute atomic E-state index is 5.39. The predicted molar refractivity (Wildman–Crippen MR) is 83.8 cm³/mol. The second kappa shape index (κ2) is 5.49. The van der Waals surface area contributed by atoms with E-state index in [2.05, 4.69) is 57.8 Å². The SMILES string of the molecule is CCNC(c1ccoc1Br)c1cccc2ccsc12. The minimum atomic E-state index is 0.153. The Balaban J connectivity index is 2.15. The lowest BCUT2D eigenvalue weighted by atomic mass is 10.00. The molecule has 3 rings (SSSR count). The van der Waals surface area contributed by atoms with Crippen LogP contribution in [0.3, 0.4) is 0 Å². The molecule has 98 valence electrons. The summed E-state index contributed by atoms with van der Waals surface area (Å²) < 4.78 is 7.52. The molecule has 2 aromatic heterocycles. The summed E-state index contributed by atoms with van der Waals surface area (Å²) in [5.74, 6) is 0. The van der Waals surface area contributed by atoms with E-state index in [1.807, 2.05) is 6.07 Å². The molecule has 1 aromatic carbocycles. The third-order valence-corrected chi connectivity index (χ3v) is 4.81. The highest BCUT2D eigenvalue weighted by Crippen LogP contribution is 2.35. The van der Waals surface area contributed by atoms with E-state index in [-0.39, 0.29) is 6.04 Å². The number of benzene rings is 1. The van der Waals surface area contributed by atoms with Crippen LogP contribution in [0.2, 0.25) is 0 Å². The van der Waals surface area contributed by atoms with Gasteiger partial charge in [0.05, 0.1) is 12.3 Å². The smallest absolute Gasteiger partial charge is 0.174 e. The Labute approximate surface area is 124 Å². The number of thiophene rings is 1. The van der Waals surface area contributed by atoms with E-state index in [1.54, 1.807) is 17.6 Å². The van der Waals surface area contributed by atoms with Gasteiger partial charge in [-0.3, -0.25) is 0 Å². The Morgan fingerprint density at radius 2 is 2.16 bits per heavy atom. The third kappa shape index (κ3) is 2.36. The van der Waals surface area contributed by atoms with Crippen LogP contribution in [0.4, 0.5) is 0 Å². The van der Waals surface area contributed by atoms with Crippen molar-refractivity contribution in [2.24, 2.45) is 0 Å². The molecule has 1 N–H and O–H groups in total. The molecule has 0 fully saturated rings. The summed E-state index contributed by atoms with van der Waals surface area (Å²) in [5, 5.41) is 6.98. The average Bonchev–Trinajstić information content (AvgIpc) is 3.04. The zero-order valence-corrected chi connectivity index (χ0v) is 12.9. The number of furan rings is 1. The highest BCUT2D eigenvalue weighted by molar-refractivity contribution is 9.10. The number of fused-ring (bicyclic) bond motifs is 1. The Hall–Kier alpha value is -1.10. The second-order valence-electron chi connectivity index (χ2n) is 4.33. The van der Waals surface area contributed by atoms with E-state index in [1.165, 1.54) is 15.6 Å². The van der Waals surface area contributed by atoms with Crippen molar-refractivity contribution in [3.8, 4) is 0 Å². The Kier molecular flexibility index (Phi) is 3.73. The van der Waals surface area contributed by atoms with Crippen LogP contribution in [0, 0.1) is 0 Å². The van der Waals surface area contributed by atoms with Crippen LogP contribution in [0.1, 0.15) is 24.1 Å². The van der Waals surface area contributed by atoms with Gasteiger partial charge >= 0.3 is 0 Å². The van der Waals surface area contributed by atoms with Crippen LogP contribution < -0.4 is 5.32 Å². The van der Waals surface area contributed by atoms with Crippen molar-refractivity contribution in [1.29, 1.82) is 0 Å². The van der Waals surface area contributed by atoms with E-state index in [0.717, 1.165) is 16.8 Å². The highest BCUT2D eigenvalue weighted by atomic mass is 79.9. The van der Waals surface area contributed by atoms with Gasteiger partial charge in [-0.2, -0.15) is 0 Å². The van der Waals surface area contributed by atoms with Gasteiger partial charge in [-0.25, -0.2) is 0 Å². The van der Waals surface area contributed by atoms with E-state index >= 15 is 0 Å². The summed E-state index contributed by atoms with van der Waals surface area (Å²) in [5.41, 5.74) is 2.44. The summed E-state index contributed by atoms with van der Waals surface area (Å²) in [6, 6.07) is 10.8. The Bertz CT molecular complexity index is 688. The topological polar surface area (TPSA) is 25.2 Å². The van der Waals surface area contributed by atoms with Crippen molar-refractivity contribution in [1.82, 2.24) is 5.32 Å². The molecule has 3 aromatic rings. The molecule has 4 heteroatoms. The van der Waals surface area contributed by atoms with Gasteiger partial charge < -0.3 is 9.73 Å². The van der Waals surface area contributed by atoms with Crippen molar-refractivity contribution in [2.45, 2.75) is 13.0 Å². The van der Waals surface area contributed by atoms with Crippen molar-refractivity contribution in [3.05, 3.63) is 57.8 Å². The first-order valence-corrected chi connectivity index (χ1v) is 7.91. The Morgan fingerprint density at radius 1 is 1.26 bits per heavy atom. The van der Waals surface area contributed by atoms with E-state index in [4.69, 9.17) is 4.42 Å². The van der Waals surface area contributed by atoms with Crippen LogP contribution >= 0.6 is 27.3 Å². The first-order valence-electron chi connectivity index (χ1n) is 6.23. The number of halogens is 1. The molecule has 2 nitrogen and oxygen atoms in total. The van der Waals surface area contributed by atoms with Crippen molar-refractivity contribution in [3.63, 3.8) is 0 Å². The Morgan fingerprint density at radius 3 is 2.89 bits per heavy atom. The number of nitrogens with one attached hydrogen (secondary N) is 1. The fourth-order valence-electron chi connectivity index (χ4n) is 2.35. The van der Waals surface area contributed by atoms with Gasteiger partial charge in [0.15, 0.2) is 4.67 Å². The number of hydrogen-bond acceptors (Lipinski definition) is 3. The monoisotopic (exact) mass is 335 g/mol. The maximum atomic E-state index is 5.39. The lowest BCUT2D eigenvalue weighted by Crippen LogP contribution is -2.21. The largest absolute Gasteiger partial charge is 0.457 e. The first-order chi connectivity index (χ1) is 9.31. The summed E-state index contributed by atoms with van der Waals surface area (Å²) >= 11 is 5.27. The summed E-state index contributed by atoms with van der Waals surface area (Å²) in [6.07, 6.45) is 1.72. The molecule has 0 aliphatic carbocycles. The number of rotatable bonds is 4. The first kappa shape index (κ1) is 12.9. The molecular formula is C15H14BrNOS. The zero-order chi connectivity index (χ0) is 13.2. The third-order valence-electron chi connectivity index (χ3n) is 3.19. The highest BCUT2D eigenvalue weighted by Gasteiger charge is 2.20. The molecule has 19 heavy (non-hydrogen) atoms. The van der Waals surface area contributed by atoms with Crippen LogP contribution in [0.15, 0.2) is 51.1 Å². The van der Waals surface area contributed by atoms with E-state index in [0.29, 0.717) is 0 Å². The molecule has 0 bridgehead atoms. The molecule has 0 amide bonds. The van der Waals surface area contributed by atoms with E-state index in [9.17, 15) is 0 Å². The second-order valence-corrected chi connectivity index (χ2v) is 5.96. The molecule has 2 heterocycles. The molecule has 0 aliphatic heterocycles. The molecule has 0 saturated heterocycles. The molecular weight excluding hydrogens is 322 g/mol. The van der Waals surface area contributed by atoms with Crippen molar-refractivity contribution < 1.29 is 4.42 Å². The number of hydrogen-bond donors (Lipinski definition) is 1. The van der Waals surface area contributed by atoms with Crippen LogP contribution in [0.25, 0.3) is 10.1 Å². The van der Waals surface area contributed by atoms with Crippen molar-refractivity contribution in [2.75, 3.05) is 6.54 Å². The van der Waals surface area contributed by atoms with Crippen LogP contribution in [-0.2, 0) is 0 Å². The quantitative estimate of drug-likeness (QED) is 0.729. The maximum Gasteiger partial charge on any atom is 0.174 e. The van der Waals surface area contributed by atoms with Gasteiger partial charge in [-0.15, -0.1) is 11.3 Å². The lowest BCUT2D eigenvalue weighted by molar-refractivity contribution is 0.527. The standard InChI is InChI=1S/C15H14BrNOS/c1-2-17-13(12-6-8-18-15(12)16)11-5-3-4-10-7-9-19-14(10)11/h3-9,13,17H,2H2,1H3. The van der Waals surface area contributed by atoms with Gasteiger partial charge in [-0.1, -0.05) is 25.1 Å². The minimum Gasteiger partial charge on any atom is -0.457 e. The predicted octanol–water partition coefficient (Wildman–Crippen LogP) is 4.96. The van der Waals surface area contributed by atoms with Gasteiger partial charge in [0, 0.05) is 10.3 Å². The fourth-order valence-corrected chi connectivity index (χ4v) is 3.76. The van der Waals surface area contributed by atoms with Crippen molar-refractivity contribution >= 4 is 37.4 Å². The minimum absolute atomic E-state index is 0.153. The molecule has 0 radical (unpaired) electrons. The van der Waals surface area contributed by atoms with Gasteiger partial charge in [0.2, 0.25) is 0 Å². The van der Waals surface area contributed by atoms with E-state index < -0.39 is 0 Å². The summed E-state index contributed by atoms with van der Waals surface area (Å²) in [4.78, 5) is 0. The van der Waals surface area contributed by atoms with Crippen LogP contribution in [0.5, 0.6) is 0 Å². The lowest BCUT2D eigenvalue weighted by Gasteiger charge is -2.18. The summed E-state index contributed by atoms with van der Waals surface area (Å²) in [7, 11) is 0. The molecule has 1 atom stereocenters.